The van der Waals surface area contributed by atoms with E-state index in [-0.39, 0.29) is 28.3 Å². The van der Waals surface area contributed by atoms with Gasteiger partial charge in [0, 0.05) is 41.0 Å². The first kappa shape index (κ1) is 34.3. The number of rotatable bonds is 6. The number of aryl methyl sites for hydroxylation is 2. The van der Waals surface area contributed by atoms with E-state index >= 15 is 0 Å². The van der Waals surface area contributed by atoms with E-state index in [1.54, 1.807) is 19.1 Å². The van der Waals surface area contributed by atoms with Gasteiger partial charge in [0.25, 0.3) is 0 Å². The molecule has 3 aromatic heterocycles. The summed E-state index contributed by atoms with van der Waals surface area (Å²) in [6, 6.07) is 10.7. The highest BCUT2D eigenvalue weighted by Crippen LogP contribution is 2.53. The van der Waals surface area contributed by atoms with Crippen LogP contribution in [-0.4, -0.2) is 57.2 Å². The molecule has 0 aliphatic carbocycles. The van der Waals surface area contributed by atoms with Crippen LogP contribution in [0.3, 0.4) is 0 Å². The van der Waals surface area contributed by atoms with Crippen LogP contribution in [0.25, 0.3) is 22.2 Å². The zero-order valence-electron chi connectivity index (χ0n) is 30.5. The molecule has 0 amide bonds. The van der Waals surface area contributed by atoms with E-state index in [2.05, 4.69) is 21.2 Å². The van der Waals surface area contributed by atoms with Crippen LogP contribution in [0.15, 0.2) is 74.1 Å². The first-order valence-corrected chi connectivity index (χ1v) is 18.6. The molecule has 5 aliphatic rings. The molecule has 2 saturated heterocycles. The summed E-state index contributed by atoms with van der Waals surface area (Å²) in [6.07, 6.45) is 8.72. The van der Waals surface area contributed by atoms with Crippen molar-refractivity contribution in [3.63, 3.8) is 0 Å². The van der Waals surface area contributed by atoms with Crippen LogP contribution in [0, 0.1) is 6.92 Å². The van der Waals surface area contributed by atoms with Gasteiger partial charge in [0.2, 0.25) is 0 Å². The number of nitrogens with two attached hydrogens (primary N) is 2. The van der Waals surface area contributed by atoms with Gasteiger partial charge >= 0.3 is 5.97 Å². The second-order valence-corrected chi connectivity index (χ2v) is 15.7. The number of nitrogens with one attached hydrogen (secondary N) is 1. The van der Waals surface area contributed by atoms with E-state index in [4.69, 9.17) is 30.1 Å². The van der Waals surface area contributed by atoms with Crippen LogP contribution >= 0.6 is 0 Å². The summed E-state index contributed by atoms with van der Waals surface area (Å²) in [5, 5.41) is 11.6. The number of epoxide rings is 1. The zero-order chi connectivity index (χ0) is 37.5. The monoisotopic (exact) mass is 731 g/mol. The fraction of sp³-hybridized carbons (Fsp3) is 0.390. The van der Waals surface area contributed by atoms with Gasteiger partial charge in [0.1, 0.15) is 76.6 Å². The Hall–Kier alpha value is -5.53. The van der Waals surface area contributed by atoms with E-state index in [1.165, 1.54) is 16.5 Å². The normalized spacial score (nSPS) is 26.5. The molecule has 54 heavy (non-hydrogen) atoms. The van der Waals surface area contributed by atoms with E-state index in [1.807, 2.05) is 44.3 Å². The average Bonchev–Trinajstić information content (AvgIpc) is 3.38. The summed E-state index contributed by atoms with van der Waals surface area (Å²) in [7, 11) is 0. The number of fused-ring (bicyclic) bond motifs is 5. The van der Waals surface area contributed by atoms with Crippen LogP contribution in [0.2, 0.25) is 0 Å². The number of hydrogen-bond donors (Lipinski definition) is 4. The molecule has 278 valence electrons. The predicted molar refractivity (Wildman–Crippen MR) is 201 cm³/mol. The number of carbonyl (C=O) groups is 1. The molecule has 8 heterocycles. The fourth-order valence-corrected chi connectivity index (χ4v) is 8.88. The van der Waals surface area contributed by atoms with Gasteiger partial charge in [-0.3, -0.25) is 14.7 Å². The number of hydrogen-bond acceptors (Lipinski definition) is 12. The molecule has 5 atom stereocenters. The number of anilines is 2. The number of carbonyl (C=O) groups excluding carboxylic acids is 1. The fourth-order valence-electron chi connectivity index (χ4n) is 8.88. The number of nitrogens with zero attached hydrogens (tertiary/aromatic N) is 3. The molecule has 5 aliphatic heterocycles. The molecular weight excluding hydrogens is 688 g/mol. The lowest BCUT2D eigenvalue weighted by Gasteiger charge is -2.44. The van der Waals surface area contributed by atoms with Crippen molar-refractivity contribution in [2.24, 2.45) is 4.99 Å². The first-order chi connectivity index (χ1) is 25.9. The van der Waals surface area contributed by atoms with Crippen molar-refractivity contribution in [3.8, 4) is 22.8 Å². The van der Waals surface area contributed by atoms with Crippen molar-refractivity contribution in [2.45, 2.75) is 95.2 Å². The number of aliphatic imine (C=N–C) groups is 1. The Labute approximate surface area is 311 Å². The van der Waals surface area contributed by atoms with Crippen LogP contribution in [0.5, 0.6) is 11.5 Å². The number of esters is 1. The Kier molecular flexibility index (Phi) is 7.94. The van der Waals surface area contributed by atoms with Gasteiger partial charge in [-0.25, -0.2) is 14.8 Å². The number of nitrogen functional groups attached to an aromatic ring is 2. The van der Waals surface area contributed by atoms with Crippen molar-refractivity contribution in [1.82, 2.24) is 9.97 Å². The number of allylic oxidation sites excluding steroid dienone is 1. The summed E-state index contributed by atoms with van der Waals surface area (Å²) in [4.78, 5) is 41.9. The Morgan fingerprint density at radius 2 is 1.87 bits per heavy atom. The van der Waals surface area contributed by atoms with Crippen LogP contribution < -0.4 is 26.5 Å². The second-order valence-electron chi connectivity index (χ2n) is 15.7. The SMILES string of the molecule is Cc1cc(=O)c2c(O)c3c(cc2o1)OC(C)(C)C1OC(=O)C2(CCCCC31)OC2CCc1cc(N)nc(-c2cc(N)nc(C[NH+]3C=C4N=CC=C4C3)c2)c1. The minimum Gasteiger partial charge on any atom is -0.507 e. The van der Waals surface area contributed by atoms with Gasteiger partial charge in [-0.05, 0) is 88.8 Å². The molecule has 6 N–H and O–H groups in total. The summed E-state index contributed by atoms with van der Waals surface area (Å²) < 4.78 is 24.8. The Bertz CT molecular complexity index is 2400. The summed E-state index contributed by atoms with van der Waals surface area (Å²) >= 11 is 0. The van der Waals surface area contributed by atoms with Gasteiger partial charge in [-0.2, -0.15) is 0 Å². The maximum atomic E-state index is 14.1. The molecule has 0 radical (unpaired) electrons. The van der Waals surface area contributed by atoms with Crippen molar-refractivity contribution >= 4 is 34.8 Å². The largest absolute Gasteiger partial charge is 0.507 e. The van der Waals surface area contributed by atoms with E-state index in [0.29, 0.717) is 66.6 Å². The Morgan fingerprint density at radius 1 is 1.04 bits per heavy atom. The van der Waals surface area contributed by atoms with Crippen molar-refractivity contribution in [2.75, 3.05) is 18.0 Å². The Balaban J connectivity index is 0.921. The third kappa shape index (κ3) is 5.91. The molecule has 2 fully saturated rings. The quantitative estimate of drug-likeness (QED) is 0.164. The van der Waals surface area contributed by atoms with Gasteiger partial charge in [0.05, 0.1) is 17.5 Å². The van der Waals surface area contributed by atoms with E-state index in [9.17, 15) is 14.7 Å². The lowest BCUT2D eigenvalue weighted by Crippen LogP contribution is -3.04. The summed E-state index contributed by atoms with van der Waals surface area (Å²) in [5.41, 5.74) is 16.5. The van der Waals surface area contributed by atoms with Crippen molar-refractivity contribution < 1.29 is 33.4 Å². The molecule has 0 bridgehead atoms. The van der Waals surface area contributed by atoms with Crippen LogP contribution in [0.1, 0.15) is 74.5 Å². The maximum absolute atomic E-state index is 14.1. The average molecular weight is 732 g/mol. The smallest absolute Gasteiger partial charge is 0.341 e. The molecule has 9 rings (SSSR count). The maximum Gasteiger partial charge on any atom is 0.341 e. The predicted octanol–water partition coefficient (Wildman–Crippen LogP) is 4.19. The number of quaternary nitrogens is 1. The number of benzene rings is 1. The summed E-state index contributed by atoms with van der Waals surface area (Å²) in [5.74, 6) is 0.635. The van der Waals surface area contributed by atoms with Gasteiger partial charge in [-0.15, -0.1) is 0 Å². The number of aromatic nitrogens is 2. The zero-order valence-corrected chi connectivity index (χ0v) is 30.5. The third-order valence-electron chi connectivity index (χ3n) is 11.4. The minimum absolute atomic E-state index is 0.0962. The molecule has 13 nitrogen and oxygen atoms in total. The Morgan fingerprint density at radius 3 is 2.70 bits per heavy atom. The number of phenolic OH excluding ortho intramolecular Hbond substituents is 1. The lowest BCUT2D eigenvalue weighted by atomic mass is 9.77. The van der Waals surface area contributed by atoms with Gasteiger partial charge in [-0.1, -0.05) is 6.42 Å². The molecule has 0 saturated carbocycles. The van der Waals surface area contributed by atoms with E-state index < -0.39 is 29.2 Å². The highest BCUT2D eigenvalue weighted by Gasteiger charge is 2.64. The van der Waals surface area contributed by atoms with Crippen molar-refractivity contribution in [3.05, 3.63) is 92.7 Å². The van der Waals surface area contributed by atoms with Crippen LogP contribution in [0.4, 0.5) is 11.6 Å². The highest BCUT2D eigenvalue weighted by atomic mass is 16.7. The molecule has 1 spiro atoms. The molecule has 13 heteroatoms. The van der Waals surface area contributed by atoms with Gasteiger partial charge in [0.15, 0.2) is 11.0 Å². The van der Waals surface area contributed by atoms with E-state index in [0.717, 1.165) is 41.9 Å². The number of pyridine rings is 2. The molecule has 4 aromatic rings. The number of aromatic hydroxyl groups is 1. The third-order valence-corrected chi connectivity index (χ3v) is 11.4. The van der Waals surface area contributed by atoms with Gasteiger partial charge < -0.3 is 35.2 Å². The topological polar surface area (TPSA) is 193 Å². The molecule has 5 unspecified atom stereocenters. The summed E-state index contributed by atoms with van der Waals surface area (Å²) in [6.45, 7) is 6.94. The minimum atomic E-state index is -1.07. The molecular formula is C41H43N6O7+. The standard InChI is InChI=1S/C41H42N6O7/c1-21-12-29(48)36-30(51-21)17-31-35(37(36)49)26-6-4-5-10-41(39(50)52-38(26)40(2,3)53-31)32(54-41)8-7-22-13-27(46-33(42)14-22)24-15-25(45-34(43)16-24)19-47-18-23-9-11-44-28(23)20-47/h9,11-17,20,26,32,38,49H,4-8,10,18-19H2,1-3H3,(H2,42,46)(H2,43,45)/p+1. The highest BCUT2D eigenvalue weighted by molar-refractivity contribution is 5.88. The molecule has 1 aromatic carbocycles. The lowest BCUT2D eigenvalue weighted by molar-refractivity contribution is -0.852. The van der Waals surface area contributed by atoms with Crippen LogP contribution in [-0.2, 0) is 27.2 Å². The number of phenols is 1. The first-order valence-electron chi connectivity index (χ1n) is 18.6. The van der Waals surface area contributed by atoms with Crippen molar-refractivity contribution in [1.29, 1.82) is 0 Å². The number of ether oxygens (including phenoxy) is 3. The second kappa shape index (κ2) is 12.5.